The van der Waals surface area contributed by atoms with E-state index in [4.69, 9.17) is 17.3 Å². The van der Waals surface area contributed by atoms with E-state index in [1.165, 1.54) is 19.2 Å². The quantitative estimate of drug-likeness (QED) is 0.402. The molecule has 12 heteroatoms. The number of aryl methyl sites for hydroxylation is 1. The molecule has 10 nitrogen and oxygen atoms in total. The summed E-state index contributed by atoms with van der Waals surface area (Å²) in [5, 5.41) is 6.68. The van der Waals surface area contributed by atoms with Crippen molar-refractivity contribution in [2.45, 2.75) is 37.8 Å². The average molecular weight is 505 g/mol. The van der Waals surface area contributed by atoms with Crippen molar-refractivity contribution < 1.29 is 13.2 Å². The molecule has 1 aromatic carbocycles. The van der Waals surface area contributed by atoms with Gasteiger partial charge in [-0.25, -0.2) is 17.8 Å². The summed E-state index contributed by atoms with van der Waals surface area (Å²) in [6.45, 7) is 3.22. The molecule has 3 rings (SSSR count). The second-order valence-corrected chi connectivity index (χ2v) is 9.68. The van der Waals surface area contributed by atoms with Crippen molar-refractivity contribution in [2.24, 2.45) is 5.73 Å². The van der Waals surface area contributed by atoms with Crippen LogP contribution in [-0.2, 0) is 27.8 Å². The number of hydrogen-bond donors (Lipinski definition) is 3. The van der Waals surface area contributed by atoms with Crippen LogP contribution in [0.2, 0.25) is 5.02 Å². The lowest BCUT2D eigenvalue weighted by atomic mass is 10.2. The van der Waals surface area contributed by atoms with E-state index in [1.54, 1.807) is 31.3 Å². The van der Waals surface area contributed by atoms with Gasteiger partial charge in [-0.05, 0) is 43.7 Å². The van der Waals surface area contributed by atoms with E-state index in [-0.39, 0.29) is 34.3 Å². The SMILES string of the molecule is Cc1ccc(NC(=O)[C@@H](C)n2ncc(Cl)c(CN)c2=O)cc1S(=O)(=O)NCCc1ccccn1. The molecule has 0 saturated heterocycles. The monoisotopic (exact) mass is 504 g/mol. The smallest absolute Gasteiger partial charge is 0.273 e. The van der Waals surface area contributed by atoms with Gasteiger partial charge in [-0.1, -0.05) is 23.7 Å². The summed E-state index contributed by atoms with van der Waals surface area (Å²) in [4.78, 5) is 29.5. The van der Waals surface area contributed by atoms with Gasteiger partial charge < -0.3 is 11.1 Å². The highest BCUT2D eigenvalue weighted by Crippen LogP contribution is 2.21. The third-order valence-electron chi connectivity index (χ3n) is 5.15. The van der Waals surface area contributed by atoms with Crippen LogP contribution in [0.5, 0.6) is 0 Å². The second-order valence-electron chi connectivity index (χ2n) is 7.54. The zero-order valence-electron chi connectivity index (χ0n) is 18.7. The average Bonchev–Trinajstić information content (AvgIpc) is 2.80. The Morgan fingerprint density at radius 2 is 2.03 bits per heavy atom. The lowest BCUT2D eigenvalue weighted by Gasteiger charge is -2.16. The van der Waals surface area contributed by atoms with Crippen molar-refractivity contribution in [1.82, 2.24) is 19.5 Å². The standard InChI is InChI=1S/C22H25ClN6O4S/c1-14-6-7-17(11-20(14)34(32,33)27-10-8-16-5-3-4-9-25-16)28-21(30)15(2)29-22(31)18(12-24)19(23)13-26-29/h3-7,9,11,13,15,27H,8,10,12,24H2,1-2H3,(H,28,30)/t15-/m1/s1. The molecule has 4 N–H and O–H groups in total. The Kier molecular flexibility index (Phi) is 8.15. The number of anilines is 1. The van der Waals surface area contributed by atoms with E-state index < -0.39 is 27.5 Å². The van der Waals surface area contributed by atoms with Crippen LogP contribution < -0.4 is 21.3 Å². The Hall–Kier alpha value is -3.12. The van der Waals surface area contributed by atoms with E-state index in [0.29, 0.717) is 12.0 Å². The molecule has 3 aromatic rings. The van der Waals surface area contributed by atoms with Crippen molar-refractivity contribution in [1.29, 1.82) is 0 Å². The molecule has 2 heterocycles. The number of sulfonamides is 1. The number of nitrogens with zero attached hydrogens (tertiary/aromatic N) is 3. The van der Waals surface area contributed by atoms with Gasteiger partial charge in [0.25, 0.3) is 5.56 Å². The molecule has 1 amide bonds. The highest BCUT2D eigenvalue weighted by atomic mass is 35.5. The fraction of sp³-hybridized carbons (Fsp3) is 0.273. The minimum absolute atomic E-state index is 0.0335. The van der Waals surface area contributed by atoms with Crippen molar-refractivity contribution in [3.63, 3.8) is 0 Å². The maximum absolute atomic E-state index is 12.9. The molecule has 0 radical (unpaired) electrons. The van der Waals surface area contributed by atoms with Crippen molar-refractivity contribution in [3.8, 4) is 0 Å². The van der Waals surface area contributed by atoms with Gasteiger partial charge in [0, 0.05) is 37.1 Å². The number of rotatable bonds is 9. The largest absolute Gasteiger partial charge is 0.326 e. The molecule has 34 heavy (non-hydrogen) atoms. The normalized spacial score (nSPS) is 12.4. The summed E-state index contributed by atoms with van der Waals surface area (Å²) in [5.74, 6) is -0.560. The molecular weight excluding hydrogens is 480 g/mol. The molecule has 0 unspecified atom stereocenters. The molecule has 0 saturated carbocycles. The predicted molar refractivity (Wildman–Crippen MR) is 129 cm³/mol. The number of nitrogens with one attached hydrogen (secondary N) is 2. The maximum Gasteiger partial charge on any atom is 0.273 e. The Balaban J connectivity index is 1.75. The molecule has 180 valence electrons. The first-order valence-electron chi connectivity index (χ1n) is 10.4. The van der Waals surface area contributed by atoms with Crippen LogP contribution in [-0.4, -0.2) is 35.6 Å². The summed E-state index contributed by atoms with van der Waals surface area (Å²) < 4.78 is 29.3. The first kappa shape index (κ1) is 25.5. The van der Waals surface area contributed by atoms with E-state index in [9.17, 15) is 18.0 Å². The molecule has 0 fully saturated rings. The van der Waals surface area contributed by atoms with Crippen LogP contribution >= 0.6 is 11.6 Å². The summed E-state index contributed by atoms with van der Waals surface area (Å²) in [5.41, 5.74) is 6.69. The molecular formula is C22H25ClN6O4S. The van der Waals surface area contributed by atoms with Crippen molar-refractivity contribution >= 4 is 33.2 Å². The van der Waals surface area contributed by atoms with Crippen LogP contribution in [0.25, 0.3) is 0 Å². The molecule has 1 atom stereocenters. The molecule has 0 aliphatic heterocycles. The Morgan fingerprint density at radius 3 is 2.71 bits per heavy atom. The number of carbonyl (C=O) groups excluding carboxylic acids is 1. The number of pyridine rings is 1. The number of carbonyl (C=O) groups is 1. The fourth-order valence-electron chi connectivity index (χ4n) is 3.21. The number of hydrogen-bond acceptors (Lipinski definition) is 7. The van der Waals surface area contributed by atoms with Gasteiger partial charge in [-0.3, -0.25) is 14.6 Å². The first-order chi connectivity index (χ1) is 16.1. The van der Waals surface area contributed by atoms with Crippen LogP contribution in [0.1, 0.15) is 29.8 Å². The van der Waals surface area contributed by atoms with Gasteiger partial charge in [0.1, 0.15) is 6.04 Å². The highest BCUT2D eigenvalue weighted by Gasteiger charge is 2.22. The molecule has 0 spiro atoms. The number of aromatic nitrogens is 3. The predicted octanol–water partition coefficient (Wildman–Crippen LogP) is 1.78. The second kappa shape index (κ2) is 10.9. The summed E-state index contributed by atoms with van der Waals surface area (Å²) >= 11 is 5.94. The third kappa shape index (κ3) is 5.86. The van der Waals surface area contributed by atoms with Gasteiger partial charge in [0.05, 0.1) is 21.7 Å². The van der Waals surface area contributed by atoms with E-state index in [0.717, 1.165) is 10.4 Å². The van der Waals surface area contributed by atoms with Crippen LogP contribution in [0.3, 0.4) is 0 Å². The first-order valence-corrected chi connectivity index (χ1v) is 12.3. The zero-order chi connectivity index (χ0) is 24.9. The molecule has 0 aliphatic rings. The number of halogens is 1. The summed E-state index contributed by atoms with van der Waals surface area (Å²) in [6, 6.07) is 8.98. The van der Waals surface area contributed by atoms with E-state index in [2.05, 4.69) is 20.1 Å². The van der Waals surface area contributed by atoms with Crippen LogP contribution in [0, 0.1) is 6.92 Å². The van der Waals surface area contributed by atoms with Gasteiger partial charge in [-0.15, -0.1) is 0 Å². The van der Waals surface area contributed by atoms with Gasteiger partial charge in [0.2, 0.25) is 15.9 Å². The summed E-state index contributed by atoms with van der Waals surface area (Å²) in [7, 11) is -3.84. The Morgan fingerprint density at radius 1 is 1.26 bits per heavy atom. The third-order valence-corrected chi connectivity index (χ3v) is 7.07. The topological polar surface area (TPSA) is 149 Å². The van der Waals surface area contributed by atoms with Gasteiger partial charge in [-0.2, -0.15) is 5.10 Å². The van der Waals surface area contributed by atoms with Crippen LogP contribution in [0.4, 0.5) is 5.69 Å². The lowest BCUT2D eigenvalue weighted by molar-refractivity contribution is -0.119. The highest BCUT2D eigenvalue weighted by molar-refractivity contribution is 7.89. The number of nitrogens with two attached hydrogens (primary N) is 1. The minimum atomic E-state index is -3.84. The molecule has 0 bridgehead atoms. The zero-order valence-corrected chi connectivity index (χ0v) is 20.2. The van der Waals surface area contributed by atoms with E-state index >= 15 is 0 Å². The molecule has 2 aromatic heterocycles. The van der Waals surface area contributed by atoms with Gasteiger partial charge >= 0.3 is 0 Å². The van der Waals surface area contributed by atoms with Crippen molar-refractivity contribution in [3.05, 3.63) is 81.0 Å². The van der Waals surface area contributed by atoms with Crippen LogP contribution in [0.15, 0.2) is 58.5 Å². The molecule has 0 aliphatic carbocycles. The van der Waals surface area contributed by atoms with Gasteiger partial charge in [0.15, 0.2) is 0 Å². The summed E-state index contributed by atoms with van der Waals surface area (Å²) in [6.07, 6.45) is 3.33. The van der Waals surface area contributed by atoms with Crippen molar-refractivity contribution in [2.75, 3.05) is 11.9 Å². The minimum Gasteiger partial charge on any atom is -0.326 e. The Labute approximate surface area is 202 Å². The number of amides is 1. The lowest BCUT2D eigenvalue weighted by Crippen LogP contribution is -2.35. The maximum atomic E-state index is 12.9. The Bertz CT molecular complexity index is 1350. The number of benzene rings is 1. The van der Waals surface area contributed by atoms with E-state index in [1.807, 2.05) is 12.1 Å². The fourth-order valence-corrected chi connectivity index (χ4v) is 4.71.